The summed E-state index contributed by atoms with van der Waals surface area (Å²) in [6.07, 6.45) is 2.24. The van der Waals surface area contributed by atoms with Gasteiger partial charge in [0.1, 0.15) is 0 Å². The van der Waals surface area contributed by atoms with Crippen LogP contribution in [0.25, 0.3) is 87.6 Å². The van der Waals surface area contributed by atoms with Crippen molar-refractivity contribution in [2.45, 2.75) is 32.1 Å². The molecule has 0 bridgehead atoms. The molecule has 51 heavy (non-hydrogen) atoms. The quantitative estimate of drug-likeness (QED) is 0.167. The molecule has 9 aromatic rings. The van der Waals surface area contributed by atoms with Crippen molar-refractivity contribution in [1.82, 2.24) is 0 Å². The minimum absolute atomic E-state index is 0.0942. The summed E-state index contributed by atoms with van der Waals surface area (Å²) in [7, 11) is 0. The fourth-order valence-corrected chi connectivity index (χ4v) is 9.38. The van der Waals surface area contributed by atoms with Crippen LogP contribution >= 0.6 is 0 Å². The molecule has 11 rings (SSSR count). The molecular weight excluding hydrogens is 613 g/mol. The lowest BCUT2D eigenvalue weighted by Gasteiger charge is -2.23. The van der Waals surface area contributed by atoms with E-state index in [1.807, 2.05) is 0 Å². The molecular formula is C51H36. The van der Waals surface area contributed by atoms with Crippen LogP contribution < -0.4 is 0 Å². The van der Waals surface area contributed by atoms with Gasteiger partial charge in [-0.25, -0.2) is 0 Å². The van der Waals surface area contributed by atoms with Crippen LogP contribution in [-0.2, 0) is 18.3 Å². The van der Waals surface area contributed by atoms with Gasteiger partial charge in [-0.1, -0.05) is 135 Å². The third-order valence-electron chi connectivity index (χ3n) is 12.1. The van der Waals surface area contributed by atoms with Gasteiger partial charge in [-0.05, 0) is 159 Å². The van der Waals surface area contributed by atoms with Crippen molar-refractivity contribution in [3.8, 4) is 44.5 Å². The third kappa shape index (κ3) is 4.26. The molecule has 0 heteroatoms. The van der Waals surface area contributed by atoms with Gasteiger partial charge in [0, 0.05) is 5.41 Å². The van der Waals surface area contributed by atoms with Crippen LogP contribution in [0.3, 0.4) is 0 Å². The van der Waals surface area contributed by atoms with E-state index in [0.29, 0.717) is 0 Å². The van der Waals surface area contributed by atoms with Crippen molar-refractivity contribution in [3.63, 3.8) is 0 Å². The van der Waals surface area contributed by atoms with E-state index in [9.17, 15) is 0 Å². The molecule has 0 fully saturated rings. The molecule has 9 aromatic carbocycles. The van der Waals surface area contributed by atoms with Crippen LogP contribution in [0, 0.1) is 0 Å². The first-order valence-corrected chi connectivity index (χ1v) is 18.3. The number of aryl methyl sites for hydroxylation is 2. The van der Waals surface area contributed by atoms with Crippen LogP contribution in [0.15, 0.2) is 158 Å². The van der Waals surface area contributed by atoms with E-state index in [2.05, 4.69) is 172 Å². The first-order chi connectivity index (χ1) is 25.0. The van der Waals surface area contributed by atoms with Gasteiger partial charge in [-0.2, -0.15) is 0 Å². The second-order valence-electron chi connectivity index (χ2n) is 15.3. The zero-order valence-corrected chi connectivity index (χ0v) is 28.9. The Morgan fingerprint density at radius 1 is 0.353 bits per heavy atom. The largest absolute Gasteiger partial charge is 0.0616 e. The summed E-state index contributed by atoms with van der Waals surface area (Å²) in [4.78, 5) is 0. The fourth-order valence-electron chi connectivity index (χ4n) is 9.38. The monoisotopic (exact) mass is 648 g/mol. The summed E-state index contributed by atoms with van der Waals surface area (Å²) in [5, 5.41) is 10.7. The average molecular weight is 649 g/mol. The van der Waals surface area contributed by atoms with Gasteiger partial charge in [0.2, 0.25) is 0 Å². The van der Waals surface area contributed by atoms with Gasteiger partial charge in [-0.15, -0.1) is 0 Å². The summed E-state index contributed by atoms with van der Waals surface area (Å²) < 4.78 is 0. The lowest BCUT2D eigenvalue weighted by atomic mass is 9.80. The summed E-state index contributed by atoms with van der Waals surface area (Å²) in [6, 6.07) is 59.8. The number of benzene rings is 9. The van der Waals surface area contributed by atoms with E-state index < -0.39 is 0 Å². The minimum Gasteiger partial charge on any atom is -0.0616 e. The molecule has 0 amide bonds. The lowest BCUT2D eigenvalue weighted by molar-refractivity contribution is 0.661. The van der Waals surface area contributed by atoms with Crippen molar-refractivity contribution >= 4 is 43.1 Å². The Kier molecular flexibility index (Phi) is 5.94. The number of rotatable bonds is 3. The van der Waals surface area contributed by atoms with Gasteiger partial charge >= 0.3 is 0 Å². The Bertz CT molecular complexity index is 2940. The van der Waals surface area contributed by atoms with E-state index in [1.54, 1.807) is 0 Å². The van der Waals surface area contributed by atoms with Crippen LogP contribution in [0.4, 0.5) is 0 Å². The second-order valence-corrected chi connectivity index (χ2v) is 15.3. The predicted molar refractivity (Wildman–Crippen MR) is 218 cm³/mol. The highest BCUT2D eigenvalue weighted by Gasteiger charge is 2.36. The normalized spacial score (nSPS) is 14.1. The van der Waals surface area contributed by atoms with Crippen molar-refractivity contribution in [1.29, 1.82) is 0 Å². The molecule has 0 aromatic heterocycles. The van der Waals surface area contributed by atoms with Gasteiger partial charge in [0.15, 0.2) is 0 Å². The van der Waals surface area contributed by atoms with Gasteiger partial charge < -0.3 is 0 Å². The first-order valence-electron chi connectivity index (χ1n) is 18.3. The predicted octanol–water partition coefficient (Wildman–Crippen LogP) is 13.7. The lowest BCUT2D eigenvalue weighted by Crippen LogP contribution is -2.15. The van der Waals surface area contributed by atoms with E-state index in [0.717, 1.165) is 12.8 Å². The molecule has 0 saturated carbocycles. The van der Waals surface area contributed by atoms with E-state index in [-0.39, 0.29) is 5.41 Å². The zero-order chi connectivity index (χ0) is 33.8. The maximum absolute atomic E-state index is 2.44. The molecule has 2 aliphatic rings. The second kappa shape index (κ2) is 10.5. The maximum Gasteiger partial charge on any atom is 0.0159 e. The van der Waals surface area contributed by atoms with Crippen LogP contribution in [0.1, 0.15) is 36.1 Å². The maximum atomic E-state index is 2.44. The van der Waals surface area contributed by atoms with Crippen LogP contribution in [-0.4, -0.2) is 0 Å². The Labute approximate surface area is 298 Å². The van der Waals surface area contributed by atoms with E-state index in [1.165, 1.54) is 110 Å². The van der Waals surface area contributed by atoms with Crippen LogP contribution in [0.5, 0.6) is 0 Å². The van der Waals surface area contributed by atoms with Crippen molar-refractivity contribution in [2.24, 2.45) is 0 Å². The summed E-state index contributed by atoms with van der Waals surface area (Å²) >= 11 is 0. The van der Waals surface area contributed by atoms with E-state index in [4.69, 9.17) is 0 Å². The van der Waals surface area contributed by atoms with Crippen molar-refractivity contribution in [2.75, 3.05) is 0 Å². The molecule has 0 saturated heterocycles. The number of fused-ring (bicyclic) bond motifs is 5. The zero-order valence-electron chi connectivity index (χ0n) is 28.9. The Hall–Kier alpha value is -5.98. The first kappa shape index (κ1) is 28.8. The van der Waals surface area contributed by atoms with Crippen molar-refractivity contribution < 1.29 is 0 Å². The average Bonchev–Trinajstić information content (AvgIpc) is 3.41. The molecule has 0 radical (unpaired) electrons. The van der Waals surface area contributed by atoms with Gasteiger partial charge in [0.05, 0.1) is 0 Å². The number of hydrogen-bond donors (Lipinski definition) is 0. The molecule has 0 unspecified atom stereocenters. The molecule has 0 heterocycles. The molecule has 0 atom stereocenters. The Balaban J connectivity index is 0.959. The van der Waals surface area contributed by atoms with Crippen molar-refractivity contribution in [3.05, 3.63) is 180 Å². The van der Waals surface area contributed by atoms with Gasteiger partial charge in [-0.3, -0.25) is 0 Å². The smallest absolute Gasteiger partial charge is 0.0159 e. The molecule has 0 N–H and O–H groups in total. The summed E-state index contributed by atoms with van der Waals surface area (Å²) in [6.45, 7) is 4.77. The molecule has 0 aliphatic heterocycles. The van der Waals surface area contributed by atoms with E-state index >= 15 is 0 Å². The fraction of sp³-hybridized carbons (Fsp3) is 0.0980. The standard InChI is InChI=1S/C51H36/c1-51(2)47-29-39(36-16-13-31-7-3-4-8-34(31)25-36)21-23-43(47)44-24-22-40(30-48(44)51)37-17-18-38-27-41(20-19-35(38)26-37)46-28-42-11-5-9-32-14-15-33-10-6-12-45(46)50(33)49(32)42/h3-13,16-30H,14-15H2,1-2H3. The summed E-state index contributed by atoms with van der Waals surface area (Å²) in [5.41, 5.74) is 16.1. The SMILES string of the molecule is CC1(C)c2cc(-c3ccc4ccccc4c3)ccc2-c2ccc(-c3ccc4cc(-c5cc6cccc7c6c6c(cccc56)CC7)ccc4c3)cc21. The van der Waals surface area contributed by atoms with Crippen LogP contribution in [0.2, 0.25) is 0 Å². The van der Waals surface area contributed by atoms with Gasteiger partial charge in [0.25, 0.3) is 0 Å². The molecule has 0 nitrogen and oxygen atoms in total. The molecule has 2 aliphatic carbocycles. The summed E-state index contributed by atoms with van der Waals surface area (Å²) in [5.74, 6) is 0. The number of hydrogen-bond acceptors (Lipinski definition) is 0. The topological polar surface area (TPSA) is 0 Å². The Morgan fingerprint density at radius 3 is 1.53 bits per heavy atom. The molecule has 0 spiro atoms. The minimum atomic E-state index is -0.0942. The highest BCUT2D eigenvalue weighted by Crippen LogP contribution is 2.51. The molecule has 240 valence electrons. The highest BCUT2D eigenvalue weighted by atomic mass is 14.4. The Morgan fingerprint density at radius 2 is 0.843 bits per heavy atom. The highest BCUT2D eigenvalue weighted by molar-refractivity contribution is 6.17. The third-order valence-corrected chi connectivity index (χ3v) is 12.1.